The SMILES string of the molecule is CCCCNc1nc(Nc2ccc(S(=O)(=O)NCC3CCCO3)cc2)ncc1C#N. The topological polar surface area (TPSA) is 129 Å². The predicted octanol–water partition coefficient (Wildman–Crippen LogP) is 2.76. The third kappa shape index (κ3) is 5.89. The second kappa shape index (κ2) is 10.3. The summed E-state index contributed by atoms with van der Waals surface area (Å²) in [5, 5.41) is 15.4. The van der Waals surface area contributed by atoms with Crippen molar-refractivity contribution in [2.45, 2.75) is 43.6 Å². The highest BCUT2D eigenvalue weighted by molar-refractivity contribution is 7.89. The number of aromatic nitrogens is 2. The van der Waals surface area contributed by atoms with Gasteiger partial charge >= 0.3 is 0 Å². The van der Waals surface area contributed by atoms with Gasteiger partial charge in [-0.2, -0.15) is 10.2 Å². The van der Waals surface area contributed by atoms with E-state index < -0.39 is 10.0 Å². The molecule has 9 nitrogen and oxygen atoms in total. The van der Waals surface area contributed by atoms with E-state index in [0.717, 1.165) is 25.7 Å². The van der Waals surface area contributed by atoms with Gasteiger partial charge in [-0.25, -0.2) is 18.1 Å². The summed E-state index contributed by atoms with van der Waals surface area (Å²) in [6.45, 7) is 3.75. The van der Waals surface area contributed by atoms with Gasteiger partial charge in [0.05, 0.1) is 17.2 Å². The van der Waals surface area contributed by atoms with E-state index in [1.807, 2.05) is 0 Å². The molecule has 1 aliphatic rings. The fourth-order valence-corrected chi connectivity index (χ4v) is 4.05. The average molecular weight is 431 g/mol. The van der Waals surface area contributed by atoms with E-state index in [2.05, 4.69) is 38.3 Å². The number of hydrogen-bond acceptors (Lipinski definition) is 8. The zero-order chi connectivity index (χ0) is 21.4. The van der Waals surface area contributed by atoms with Crippen molar-refractivity contribution in [1.82, 2.24) is 14.7 Å². The van der Waals surface area contributed by atoms with E-state index in [1.165, 1.54) is 18.3 Å². The van der Waals surface area contributed by atoms with Crippen LogP contribution in [0.2, 0.25) is 0 Å². The molecule has 1 aromatic heterocycles. The van der Waals surface area contributed by atoms with E-state index in [0.29, 0.717) is 36.2 Å². The van der Waals surface area contributed by atoms with Crippen LogP contribution >= 0.6 is 0 Å². The molecule has 1 fully saturated rings. The van der Waals surface area contributed by atoms with Crippen LogP contribution in [-0.4, -0.2) is 44.2 Å². The highest BCUT2D eigenvalue weighted by atomic mass is 32.2. The van der Waals surface area contributed by atoms with Gasteiger partial charge in [-0.3, -0.25) is 0 Å². The Morgan fingerprint density at radius 3 is 2.77 bits per heavy atom. The minimum absolute atomic E-state index is 0.0608. The molecule has 10 heteroatoms. The first kappa shape index (κ1) is 22.0. The number of hydrogen-bond donors (Lipinski definition) is 3. The van der Waals surface area contributed by atoms with Crippen LogP contribution in [-0.2, 0) is 14.8 Å². The summed E-state index contributed by atoms with van der Waals surface area (Å²) in [5.41, 5.74) is 1.01. The standard InChI is InChI=1S/C20H26N6O3S/c1-2-3-10-22-19-15(12-21)13-23-20(26-19)25-16-6-8-18(9-7-16)30(27,28)24-14-17-5-4-11-29-17/h6-9,13,17,24H,2-5,10-11,14H2,1H3,(H2,22,23,25,26). The van der Waals surface area contributed by atoms with Crippen molar-refractivity contribution in [3.63, 3.8) is 0 Å². The number of rotatable bonds is 10. The smallest absolute Gasteiger partial charge is 0.240 e. The van der Waals surface area contributed by atoms with Crippen molar-refractivity contribution in [2.24, 2.45) is 0 Å². The molecule has 0 amide bonds. The van der Waals surface area contributed by atoms with Gasteiger partial charge in [0.15, 0.2) is 0 Å². The molecule has 0 bridgehead atoms. The maximum Gasteiger partial charge on any atom is 0.240 e. The van der Waals surface area contributed by atoms with Crippen molar-refractivity contribution in [1.29, 1.82) is 5.26 Å². The number of unbranched alkanes of at least 4 members (excludes halogenated alkanes) is 1. The molecule has 160 valence electrons. The summed E-state index contributed by atoms with van der Waals surface area (Å²) in [5.74, 6) is 0.793. The Bertz CT molecular complexity index is 983. The second-order valence-electron chi connectivity index (χ2n) is 6.98. The Morgan fingerprint density at radius 1 is 1.30 bits per heavy atom. The van der Waals surface area contributed by atoms with Crippen LogP contribution < -0.4 is 15.4 Å². The monoisotopic (exact) mass is 430 g/mol. The van der Waals surface area contributed by atoms with Crippen molar-refractivity contribution in [3.05, 3.63) is 36.0 Å². The van der Waals surface area contributed by atoms with E-state index in [-0.39, 0.29) is 17.5 Å². The lowest BCUT2D eigenvalue weighted by atomic mass is 10.2. The Morgan fingerprint density at radius 2 is 2.10 bits per heavy atom. The number of nitriles is 1. The van der Waals surface area contributed by atoms with Crippen molar-refractivity contribution < 1.29 is 13.2 Å². The molecular formula is C20H26N6O3S. The van der Waals surface area contributed by atoms with Gasteiger partial charge in [0.1, 0.15) is 17.5 Å². The molecule has 0 saturated carbocycles. The van der Waals surface area contributed by atoms with E-state index in [9.17, 15) is 13.7 Å². The van der Waals surface area contributed by atoms with Crippen LogP contribution in [0.3, 0.4) is 0 Å². The van der Waals surface area contributed by atoms with Gasteiger partial charge in [0.2, 0.25) is 16.0 Å². The van der Waals surface area contributed by atoms with Gasteiger partial charge in [0.25, 0.3) is 0 Å². The molecule has 3 rings (SSSR count). The van der Waals surface area contributed by atoms with Gasteiger partial charge < -0.3 is 15.4 Å². The van der Waals surface area contributed by atoms with Crippen molar-refractivity contribution in [3.8, 4) is 6.07 Å². The number of nitrogens with one attached hydrogen (secondary N) is 3. The molecule has 1 aliphatic heterocycles. The number of sulfonamides is 1. The zero-order valence-corrected chi connectivity index (χ0v) is 17.7. The Kier molecular flexibility index (Phi) is 7.57. The first-order chi connectivity index (χ1) is 14.5. The minimum Gasteiger partial charge on any atom is -0.377 e. The first-order valence-electron chi connectivity index (χ1n) is 10.0. The second-order valence-corrected chi connectivity index (χ2v) is 8.75. The molecule has 2 aromatic rings. The summed E-state index contributed by atoms with van der Waals surface area (Å²) >= 11 is 0. The Labute approximate surface area is 176 Å². The zero-order valence-electron chi connectivity index (χ0n) is 16.9. The molecule has 1 atom stereocenters. The van der Waals surface area contributed by atoms with Crippen LogP contribution in [0.15, 0.2) is 35.4 Å². The molecule has 0 aliphatic carbocycles. The third-order valence-electron chi connectivity index (χ3n) is 4.68. The average Bonchev–Trinajstić information content (AvgIpc) is 3.27. The molecule has 30 heavy (non-hydrogen) atoms. The Balaban J connectivity index is 1.64. The van der Waals surface area contributed by atoms with Crippen molar-refractivity contribution in [2.75, 3.05) is 30.3 Å². The molecule has 3 N–H and O–H groups in total. The Hall–Kier alpha value is -2.74. The van der Waals surface area contributed by atoms with Crippen LogP contribution in [0, 0.1) is 11.3 Å². The van der Waals surface area contributed by atoms with Crippen LogP contribution in [0.1, 0.15) is 38.2 Å². The molecule has 1 unspecified atom stereocenters. The largest absolute Gasteiger partial charge is 0.377 e. The lowest BCUT2D eigenvalue weighted by Gasteiger charge is -2.12. The normalized spacial score (nSPS) is 16.2. The molecule has 0 spiro atoms. The number of anilines is 3. The predicted molar refractivity (Wildman–Crippen MR) is 114 cm³/mol. The van der Waals surface area contributed by atoms with E-state index in [1.54, 1.807) is 12.1 Å². The van der Waals surface area contributed by atoms with E-state index in [4.69, 9.17) is 4.74 Å². The maximum absolute atomic E-state index is 12.4. The quantitative estimate of drug-likeness (QED) is 0.491. The summed E-state index contributed by atoms with van der Waals surface area (Å²) in [4.78, 5) is 8.68. The van der Waals surface area contributed by atoms with Crippen LogP contribution in [0.25, 0.3) is 0 Å². The highest BCUT2D eigenvalue weighted by Crippen LogP contribution is 2.20. The molecule has 0 radical (unpaired) electrons. The van der Waals surface area contributed by atoms with Gasteiger partial charge in [-0.1, -0.05) is 13.3 Å². The minimum atomic E-state index is -3.60. The lowest BCUT2D eigenvalue weighted by molar-refractivity contribution is 0.114. The van der Waals surface area contributed by atoms with Gasteiger partial charge in [0, 0.05) is 25.4 Å². The maximum atomic E-state index is 12.4. The fraction of sp³-hybridized carbons (Fsp3) is 0.450. The highest BCUT2D eigenvalue weighted by Gasteiger charge is 2.20. The van der Waals surface area contributed by atoms with Crippen LogP contribution in [0.4, 0.5) is 17.5 Å². The molecule has 1 saturated heterocycles. The summed E-state index contributed by atoms with van der Waals surface area (Å²) in [7, 11) is -3.60. The lowest BCUT2D eigenvalue weighted by Crippen LogP contribution is -2.31. The molecule has 2 heterocycles. The fourth-order valence-electron chi connectivity index (χ4n) is 2.98. The van der Waals surface area contributed by atoms with Gasteiger partial charge in [-0.15, -0.1) is 0 Å². The summed E-state index contributed by atoms with van der Waals surface area (Å²) in [6.07, 6.45) is 5.22. The van der Waals surface area contributed by atoms with E-state index >= 15 is 0 Å². The summed E-state index contributed by atoms with van der Waals surface area (Å²) < 4.78 is 32.9. The number of benzene rings is 1. The number of nitrogens with zero attached hydrogens (tertiary/aromatic N) is 3. The third-order valence-corrected chi connectivity index (χ3v) is 6.12. The van der Waals surface area contributed by atoms with Crippen molar-refractivity contribution >= 4 is 27.5 Å². The summed E-state index contributed by atoms with van der Waals surface area (Å²) in [6, 6.07) is 8.40. The molecule has 1 aromatic carbocycles. The molecular weight excluding hydrogens is 404 g/mol. The van der Waals surface area contributed by atoms with Gasteiger partial charge in [-0.05, 0) is 43.5 Å². The first-order valence-corrected chi connectivity index (χ1v) is 11.5. The number of ether oxygens (including phenoxy) is 1. The van der Waals surface area contributed by atoms with Crippen LogP contribution in [0.5, 0.6) is 0 Å².